The van der Waals surface area contributed by atoms with E-state index in [1.54, 1.807) is 18.5 Å². The van der Waals surface area contributed by atoms with Gasteiger partial charge in [-0.15, -0.1) is 5.10 Å². The van der Waals surface area contributed by atoms with E-state index in [1.807, 2.05) is 0 Å². The summed E-state index contributed by atoms with van der Waals surface area (Å²) in [5.41, 5.74) is 2.09. The fourth-order valence-electron chi connectivity index (χ4n) is 2.47. The number of tetrazole rings is 1. The maximum atomic E-state index is 12.5. The van der Waals surface area contributed by atoms with Crippen molar-refractivity contribution in [2.45, 2.75) is 37.9 Å². The summed E-state index contributed by atoms with van der Waals surface area (Å²) in [5, 5.41) is 12.2. The Morgan fingerprint density at radius 3 is 2.78 bits per heavy atom. The maximum Gasteiger partial charge on any atom is 0.339 e. The van der Waals surface area contributed by atoms with Crippen molar-refractivity contribution >= 4 is 23.5 Å². The number of rotatable bonds is 6. The quantitative estimate of drug-likeness (QED) is 0.487. The summed E-state index contributed by atoms with van der Waals surface area (Å²) < 4.78 is 6.52. The number of hydrogen-bond acceptors (Lipinski definition) is 7. The van der Waals surface area contributed by atoms with Gasteiger partial charge in [0, 0.05) is 5.69 Å². The molecule has 122 valence electrons. The molecule has 3 rings (SSSR count). The number of Topliss-reactive ketones (excluding diaryl/α,β-unsaturated/α-hetero) is 1. The van der Waals surface area contributed by atoms with Crippen LogP contribution in [0.4, 0.5) is 0 Å². The summed E-state index contributed by atoms with van der Waals surface area (Å²) in [6.45, 7) is 3.48. The number of carbonyl (C=O) groups excluding carboxylic acids is 2. The van der Waals surface area contributed by atoms with Gasteiger partial charge in [0.1, 0.15) is 0 Å². The minimum absolute atomic E-state index is 0.101. The maximum absolute atomic E-state index is 12.5. The van der Waals surface area contributed by atoms with E-state index >= 15 is 0 Å². The molecule has 1 saturated carbocycles. The van der Waals surface area contributed by atoms with Crippen molar-refractivity contribution in [3.8, 4) is 0 Å². The first-order chi connectivity index (χ1) is 11.0. The van der Waals surface area contributed by atoms with E-state index in [9.17, 15) is 9.59 Å². The molecule has 0 amide bonds. The average Bonchev–Trinajstić information content (AvgIpc) is 3.20. The van der Waals surface area contributed by atoms with Gasteiger partial charge in [0.15, 0.2) is 5.78 Å². The molecule has 1 aliphatic rings. The Hall–Kier alpha value is -2.16. The number of aromatic nitrogens is 5. The van der Waals surface area contributed by atoms with Gasteiger partial charge < -0.3 is 9.72 Å². The number of hydrogen-bond donors (Lipinski definition) is 1. The lowest BCUT2D eigenvalue weighted by Gasteiger charge is -2.02. The minimum atomic E-state index is -0.444. The lowest BCUT2D eigenvalue weighted by atomic mass is 10.1. The van der Waals surface area contributed by atoms with Gasteiger partial charge in [-0.25, -0.2) is 9.48 Å². The zero-order valence-electron chi connectivity index (χ0n) is 13.1. The molecule has 0 radical (unpaired) electrons. The fraction of sp³-hybridized carbons (Fsp3) is 0.500. The third-order valence-electron chi connectivity index (χ3n) is 3.79. The average molecular weight is 335 g/mol. The molecule has 1 fully saturated rings. The summed E-state index contributed by atoms with van der Waals surface area (Å²) >= 11 is 1.30. The molecule has 0 aromatic carbocycles. The van der Waals surface area contributed by atoms with Gasteiger partial charge >= 0.3 is 5.97 Å². The van der Waals surface area contributed by atoms with Crippen LogP contribution in [0.5, 0.6) is 0 Å². The Kier molecular flexibility index (Phi) is 4.20. The van der Waals surface area contributed by atoms with Crippen molar-refractivity contribution in [3.63, 3.8) is 0 Å². The summed E-state index contributed by atoms with van der Waals surface area (Å²) in [6.07, 6.45) is 2.15. The Balaban J connectivity index is 1.73. The van der Waals surface area contributed by atoms with Gasteiger partial charge in [0.2, 0.25) is 5.16 Å². The van der Waals surface area contributed by atoms with Gasteiger partial charge in [0.25, 0.3) is 0 Å². The zero-order valence-corrected chi connectivity index (χ0v) is 13.9. The number of thioether (sulfide) groups is 1. The van der Waals surface area contributed by atoms with Gasteiger partial charge in [-0.1, -0.05) is 11.8 Å². The molecule has 2 aromatic rings. The van der Waals surface area contributed by atoms with E-state index in [2.05, 4.69) is 20.5 Å². The molecule has 0 saturated heterocycles. The van der Waals surface area contributed by atoms with Crippen LogP contribution in [0.2, 0.25) is 0 Å². The summed E-state index contributed by atoms with van der Waals surface area (Å²) in [4.78, 5) is 27.2. The van der Waals surface area contributed by atoms with Crippen LogP contribution in [0.1, 0.15) is 51.0 Å². The molecule has 2 heterocycles. The number of carbonyl (C=O) groups is 2. The number of esters is 1. The highest BCUT2D eigenvalue weighted by molar-refractivity contribution is 7.99. The molecule has 23 heavy (non-hydrogen) atoms. The molecule has 0 atom stereocenters. The highest BCUT2D eigenvalue weighted by Crippen LogP contribution is 2.36. The second kappa shape index (κ2) is 6.15. The van der Waals surface area contributed by atoms with Crippen LogP contribution < -0.4 is 0 Å². The van der Waals surface area contributed by atoms with Crippen LogP contribution in [-0.2, 0) is 4.74 Å². The predicted molar refractivity (Wildman–Crippen MR) is 82.7 cm³/mol. The monoisotopic (exact) mass is 335 g/mol. The van der Waals surface area contributed by atoms with Crippen molar-refractivity contribution < 1.29 is 14.3 Å². The number of aromatic amines is 1. The summed E-state index contributed by atoms with van der Waals surface area (Å²) in [7, 11) is 1.32. The number of methoxy groups -OCH3 is 1. The molecule has 0 unspecified atom stereocenters. The Morgan fingerprint density at radius 2 is 2.13 bits per heavy atom. The van der Waals surface area contributed by atoms with Crippen molar-refractivity contribution in [1.82, 2.24) is 25.2 Å². The van der Waals surface area contributed by atoms with Crippen molar-refractivity contribution in [2.24, 2.45) is 0 Å². The van der Waals surface area contributed by atoms with Gasteiger partial charge in [0.05, 0.1) is 30.2 Å². The molecule has 9 heteroatoms. The van der Waals surface area contributed by atoms with Crippen LogP contribution in [0.3, 0.4) is 0 Å². The van der Waals surface area contributed by atoms with E-state index in [4.69, 9.17) is 4.74 Å². The molecule has 0 aliphatic heterocycles. The number of ketones is 1. The lowest BCUT2D eigenvalue weighted by molar-refractivity contribution is 0.0599. The molecule has 0 spiro atoms. The minimum Gasteiger partial charge on any atom is -0.465 e. The predicted octanol–water partition coefficient (Wildman–Crippen LogP) is 1.71. The van der Waals surface area contributed by atoms with E-state index in [0.29, 0.717) is 33.7 Å². The number of nitrogens with one attached hydrogen (secondary N) is 1. The molecule has 1 N–H and O–H groups in total. The molecule has 8 nitrogen and oxygen atoms in total. The van der Waals surface area contributed by atoms with Gasteiger partial charge in [-0.05, 0) is 42.7 Å². The van der Waals surface area contributed by atoms with E-state index in [1.165, 1.54) is 18.9 Å². The Labute approximate surface area is 137 Å². The van der Waals surface area contributed by atoms with Crippen molar-refractivity contribution in [3.05, 3.63) is 22.5 Å². The van der Waals surface area contributed by atoms with E-state index in [-0.39, 0.29) is 11.5 Å². The first kappa shape index (κ1) is 15.7. The second-order valence-corrected chi connectivity index (χ2v) is 6.41. The first-order valence-electron chi connectivity index (χ1n) is 7.24. The lowest BCUT2D eigenvalue weighted by Crippen LogP contribution is -2.08. The van der Waals surface area contributed by atoms with Crippen molar-refractivity contribution in [1.29, 1.82) is 0 Å². The normalized spacial score (nSPS) is 14.0. The molecular formula is C14H17N5O3S. The number of nitrogens with zero attached hydrogens (tertiary/aromatic N) is 4. The van der Waals surface area contributed by atoms with Crippen molar-refractivity contribution in [2.75, 3.05) is 12.9 Å². The van der Waals surface area contributed by atoms with Gasteiger partial charge in [-0.2, -0.15) is 0 Å². The van der Waals surface area contributed by atoms with Gasteiger partial charge in [-0.3, -0.25) is 4.79 Å². The second-order valence-electron chi connectivity index (χ2n) is 5.47. The highest BCUT2D eigenvalue weighted by Gasteiger charge is 2.28. The Bertz CT molecular complexity index is 763. The smallest absolute Gasteiger partial charge is 0.339 e. The number of ether oxygens (including phenoxy) is 1. The first-order valence-corrected chi connectivity index (χ1v) is 8.22. The number of H-pyrrole nitrogens is 1. The largest absolute Gasteiger partial charge is 0.465 e. The molecular weight excluding hydrogens is 318 g/mol. The van der Waals surface area contributed by atoms with E-state index in [0.717, 1.165) is 12.8 Å². The van der Waals surface area contributed by atoms with E-state index < -0.39 is 5.97 Å². The Morgan fingerprint density at radius 1 is 1.39 bits per heavy atom. The van der Waals surface area contributed by atoms with Crippen LogP contribution >= 0.6 is 11.8 Å². The van der Waals surface area contributed by atoms with Crippen LogP contribution in [0.15, 0.2) is 5.16 Å². The summed E-state index contributed by atoms with van der Waals surface area (Å²) in [6, 6.07) is 0.364. The third-order valence-corrected chi connectivity index (χ3v) is 4.73. The fourth-order valence-corrected chi connectivity index (χ4v) is 3.28. The molecule has 2 aromatic heterocycles. The summed E-state index contributed by atoms with van der Waals surface area (Å²) in [5.74, 6) is -0.342. The third kappa shape index (κ3) is 3.00. The highest BCUT2D eigenvalue weighted by atomic mass is 32.2. The van der Waals surface area contributed by atoms with Crippen LogP contribution in [0.25, 0.3) is 0 Å². The van der Waals surface area contributed by atoms with Crippen LogP contribution in [0, 0.1) is 13.8 Å². The zero-order chi connectivity index (χ0) is 16.6. The molecule has 1 aliphatic carbocycles. The SMILES string of the molecule is COC(=O)c1c(C)[nH]c(C(=O)CSc2nnnn2C2CC2)c1C. The number of aryl methyl sites for hydroxylation is 1. The topological polar surface area (TPSA) is 103 Å². The van der Waals surface area contributed by atoms with Crippen LogP contribution in [-0.4, -0.2) is 49.8 Å². The molecule has 0 bridgehead atoms. The standard InChI is InChI=1S/C14H17N5O3S/c1-7-11(13(21)22-3)8(2)15-12(7)10(20)6-23-14-16-17-18-19(14)9-4-5-9/h9,15H,4-6H2,1-3H3.